The standard InChI is InChI=1S/C28H28ClN3O4S2/c1-18-26(38-28(30-18)37-21-6-3-2-4-7-21)24(33)22-23(19-8-10-20(29)11-9-19)32(27(35)25(22)34)13-5-12-31-14-16-36-17-15-31/h2-4,6-11,23,34H,5,12-17H2,1H3. The predicted molar refractivity (Wildman–Crippen MR) is 149 cm³/mol. The van der Waals surface area contributed by atoms with Crippen LogP contribution >= 0.6 is 34.7 Å². The zero-order chi connectivity index (χ0) is 26.6. The Kier molecular flexibility index (Phi) is 8.50. The van der Waals surface area contributed by atoms with E-state index in [1.54, 1.807) is 36.1 Å². The molecule has 0 spiro atoms. The largest absolute Gasteiger partial charge is 0.503 e. The minimum Gasteiger partial charge on any atom is -0.503 e. The van der Waals surface area contributed by atoms with Crippen molar-refractivity contribution < 1.29 is 19.4 Å². The number of hydrogen-bond acceptors (Lipinski definition) is 8. The number of hydrogen-bond donors (Lipinski definition) is 1. The van der Waals surface area contributed by atoms with Gasteiger partial charge >= 0.3 is 0 Å². The Balaban J connectivity index is 1.42. The number of aliphatic hydroxyl groups is 1. The summed E-state index contributed by atoms with van der Waals surface area (Å²) >= 11 is 8.89. The lowest BCUT2D eigenvalue weighted by molar-refractivity contribution is -0.129. The van der Waals surface area contributed by atoms with Crippen LogP contribution in [0.3, 0.4) is 0 Å². The second kappa shape index (κ2) is 12.0. The number of morpholine rings is 1. The maximum Gasteiger partial charge on any atom is 0.290 e. The molecule has 2 aliphatic heterocycles. The van der Waals surface area contributed by atoms with Crippen LogP contribution < -0.4 is 0 Å². The number of aromatic nitrogens is 1. The lowest BCUT2D eigenvalue weighted by Crippen LogP contribution is -2.39. The third-order valence-corrected chi connectivity index (χ3v) is 9.12. The molecule has 0 bridgehead atoms. The molecule has 3 aromatic rings. The number of halogens is 1. The average molecular weight is 570 g/mol. The van der Waals surface area contributed by atoms with Crippen molar-refractivity contribution in [1.82, 2.24) is 14.8 Å². The van der Waals surface area contributed by atoms with Crippen molar-refractivity contribution in [1.29, 1.82) is 0 Å². The van der Waals surface area contributed by atoms with E-state index >= 15 is 0 Å². The second-order valence-corrected chi connectivity index (χ2v) is 11.9. The molecule has 3 heterocycles. The van der Waals surface area contributed by atoms with Crippen LogP contribution in [-0.2, 0) is 9.53 Å². The number of amides is 1. The summed E-state index contributed by atoms with van der Waals surface area (Å²) in [5.74, 6) is -1.40. The molecule has 10 heteroatoms. The first-order chi connectivity index (χ1) is 18.4. The topological polar surface area (TPSA) is 83.0 Å². The Labute approximate surface area is 235 Å². The van der Waals surface area contributed by atoms with Gasteiger partial charge in [0.1, 0.15) is 0 Å². The van der Waals surface area contributed by atoms with Gasteiger partial charge < -0.3 is 14.7 Å². The summed E-state index contributed by atoms with van der Waals surface area (Å²) < 4.78 is 6.15. The van der Waals surface area contributed by atoms with Gasteiger partial charge in [-0.1, -0.05) is 53.7 Å². The highest BCUT2D eigenvalue weighted by molar-refractivity contribution is 8.01. The summed E-state index contributed by atoms with van der Waals surface area (Å²) in [5.41, 5.74) is 1.39. The Bertz CT molecular complexity index is 1340. The first-order valence-electron chi connectivity index (χ1n) is 12.5. The molecule has 1 N–H and O–H groups in total. The molecule has 5 rings (SSSR count). The average Bonchev–Trinajstić information content (AvgIpc) is 3.41. The smallest absolute Gasteiger partial charge is 0.290 e. The summed E-state index contributed by atoms with van der Waals surface area (Å²) in [6.45, 7) is 6.11. The molecule has 1 aromatic heterocycles. The lowest BCUT2D eigenvalue weighted by atomic mass is 9.95. The third kappa shape index (κ3) is 5.82. The summed E-state index contributed by atoms with van der Waals surface area (Å²) in [7, 11) is 0. The monoisotopic (exact) mass is 569 g/mol. The van der Waals surface area contributed by atoms with Gasteiger partial charge in [0.15, 0.2) is 10.1 Å². The minimum absolute atomic E-state index is 0.0895. The van der Waals surface area contributed by atoms with Gasteiger partial charge in [0.25, 0.3) is 5.91 Å². The van der Waals surface area contributed by atoms with E-state index in [0.717, 1.165) is 34.4 Å². The number of carbonyl (C=O) groups excluding carboxylic acids is 2. The molecule has 0 radical (unpaired) electrons. The zero-order valence-corrected chi connectivity index (χ0v) is 23.3. The van der Waals surface area contributed by atoms with Crippen LogP contribution in [0.15, 0.2) is 75.2 Å². The molecule has 2 aliphatic rings. The molecule has 0 aliphatic carbocycles. The Hall–Kier alpha value is -2.69. The molecule has 1 fully saturated rings. The van der Waals surface area contributed by atoms with E-state index in [1.807, 2.05) is 30.3 Å². The van der Waals surface area contributed by atoms with Gasteiger partial charge in [-0.15, -0.1) is 11.3 Å². The first kappa shape index (κ1) is 26.9. The molecule has 1 amide bonds. The highest BCUT2D eigenvalue weighted by Gasteiger charge is 2.44. The van der Waals surface area contributed by atoms with Crippen LogP contribution in [-0.4, -0.2) is 71.0 Å². The number of aliphatic hydroxyl groups excluding tert-OH is 1. The fourth-order valence-corrected chi connectivity index (χ4v) is 7.00. The number of aryl methyl sites for hydroxylation is 1. The van der Waals surface area contributed by atoms with Gasteiger partial charge in [-0.3, -0.25) is 14.5 Å². The van der Waals surface area contributed by atoms with Crippen molar-refractivity contribution in [3.05, 3.63) is 87.1 Å². The van der Waals surface area contributed by atoms with Gasteiger partial charge in [-0.2, -0.15) is 0 Å². The second-order valence-electron chi connectivity index (χ2n) is 9.16. The number of thiazole rings is 1. The molecular formula is C28H28ClN3O4S2. The Morgan fingerprint density at radius 1 is 1.13 bits per heavy atom. The fraction of sp³-hybridized carbons (Fsp3) is 0.321. The molecular weight excluding hydrogens is 542 g/mol. The van der Waals surface area contributed by atoms with Gasteiger partial charge in [0, 0.05) is 36.1 Å². The van der Waals surface area contributed by atoms with Crippen molar-refractivity contribution in [3.8, 4) is 0 Å². The van der Waals surface area contributed by atoms with E-state index < -0.39 is 17.7 Å². The third-order valence-electron chi connectivity index (χ3n) is 6.64. The lowest BCUT2D eigenvalue weighted by Gasteiger charge is -2.30. The van der Waals surface area contributed by atoms with E-state index in [9.17, 15) is 14.7 Å². The van der Waals surface area contributed by atoms with E-state index in [1.165, 1.54) is 23.1 Å². The maximum atomic E-state index is 13.9. The quantitative estimate of drug-likeness (QED) is 0.338. The molecule has 38 heavy (non-hydrogen) atoms. The van der Waals surface area contributed by atoms with Crippen LogP contribution in [0, 0.1) is 6.92 Å². The Morgan fingerprint density at radius 2 is 1.84 bits per heavy atom. The SMILES string of the molecule is Cc1nc(Sc2ccccc2)sc1C(=O)C1=C(O)C(=O)N(CCCN2CCOCC2)C1c1ccc(Cl)cc1. The summed E-state index contributed by atoms with van der Waals surface area (Å²) in [4.78, 5) is 37.2. The van der Waals surface area contributed by atoms with Crippen LogP contribution in [0.25, 0.3) is 0 Å². The molecule has 198 valence electrons. The van der Waals surface area contributed by atoms with Gasteiger partial charge in [0.2, 0.25) is 5.78 Å². The number of ether oxygens (including phenoxy) is 1. The molecule has 1 saturated heterocycles. The number of nitrogens with zero attached hydrogens (tertiary/aromatic N) is 3. The number of ketones is 1. The predicted octanol–water partition coefficient (Wildman–Crippen LogP) is 5.56. The molecule has 1 atom stereocenters. The van der Waals surface area contributed by atoms with Crippen molar-refractivity contribution in [2.45, 2.75) is 28.6 Å². The fourth-order valence-electron chi connectivity index (χ4n) is 4.73. The van der Waals surface area contributed by atoms with Gasteiger partial charge in [-0.25, -0.2) is 4.98 Å². The van der Waals surface area contributed by atoms with Crippen LogP contribution in [0.1, 0.15) is 33.4 Å². The highest BCUT2D eigenvalue weighted by Crippen LogP contribution is 2.41. The van der Waals surface area contributed by atoms with Crippen molar-refractivity contribution in [2.75, 3.05) is 39.4 Å². The van der Waals surface area contributed by atoms with Crippen molar-refractivity contribution in [3.63, 3.8) is 0 Å². The first-order valence-corrected chi connectivity index (χ1v) is 14.5. The Morgan fingerprint density at radius 3 is 2.55 bits per heavy atom. The highest BCUT2D eigenvalue weighted by atomic mass is 35.5. The molecule has 0 saturated carbocycles. The minimum atomic E-state index is -0.705. The normalized spacial score (nSPS) is 18.4. The van der Waals surface area contributed by atoms with Gasteiger partial charge in [-0.05, 0) is 43.2 Å². The molecule has 7 nitrogen and oxygen atoms in total. The van der Waals surface area contributed by atoms with E-state index in [-0.39, 0.29) is 11.4 Å². The number of Topliss-reactive ketones (excluding diaryl/α,β-unsaturated/α-hetero) is 1. The van der Waals surface area contributed by atoms with Crippen molar-refractivity contribution in [2.24, 2.45) is 0 Å². The summed E-state index contributed by atoms with van der Waals surface area (Å²) in [5, 5.41) is 11.6. The van der Waals surface area contributed by atoms with Gasteiger partial charge in [0.05, 0.1) is 35.4 Å². The zero-order valence-electron chi connectivity index (χ0n) is 20.9. The van der Waals surface area contributed by atoms with Crippen LogP contribution in [0.4, 0.5) is 0 Å². The summed E-state index contributed by atoms with van der Waals surface area (Å²) in [6, 6.07) is 16.2. The molecule has 2 aromatic carbocycles. The number of carbonyl (C=O) groups is 2. The molecule has 1 unspecified atom stereocenters. The van der Waals surface area contributed by atoms with Crippen molar-refractivity contribution >= 4 is 46.4 Å². The van der Waals surface area contributed by atoms with E-state index in [0.29, 0.717) is 41.8 Å². The maximum absolute atomic E-state index is 13.9. The van der Waals surface area contributed by atoms with Crippen LogP contribution in [0.5, 0.6) is 0 Å². The van der Waals surface area contributed by atoms with E-state index in [4.69, 9.17) is 16.3 Å². The van der Waals surface area contributed by atoms with Crippen LogP contribution in [0.2, 0.25) is 5.02 Å². The van der Waals surface area contributed by atoms with E-state index in [2.05, 4.69) is 9.88 Å². The number of benzene rings is 2. The number of rotatable bonds is 9. The summed E-state index contributed by atoms with van der Waals surface area (Å²) in [6.07, 6.45) is 0.710.